The maximum Gasteiger partial charge on any atom is 0.106 e. The number of rotatable bonds is 0. The molecule has 2 N–H and O–H groups in total. The van der Waals surface area contributed by atoms with Crippen LogP contribution in [0.5, 0.6) is 0 Å². The van der Waals surface area contributed by atoms with Gasteiger partial charge in [-0.15, -0.1) is 0 Å². The van der Waals surface area contributed by atoms with Crippen molar-refractivity contribution in [2.24, 2.45) is 0 Å². The molecule has 0 aliphatic carbocycles. The van der Waals surface area contributed by atoms with Gasteiger partial charge in [-0.2, -0.15) is 5.01 Å². The second kappa shape index (κ2) is 1.20. The highest BCUT2D eigenvalue weighted by atomic mass is 15.6. The lowest BCUT2D eigenvalue weighted by Crippen LogP contribution is -2.90. The van der Waals surface area contributed by atoms with Gasteiger partial charge >= 0.3 is 0 Å². The third kappa shape index (κ3) is 0.469. The first-order valence-corrected chi connectivity index (χ1v) is 3.04. The Bertz CT molecular complexity index is 64.1. The van der Waals surface area contributed by atoms with Crippen LogP contribution in [0.15, 0.2) is 0 Å². The van der Waals surface area contributed by atoms with Crippen molar-refractivity contribution in [3.8, 4) is 0 Å². The number of nitrogens with two attached hydrogens (primary N) is 1. The van der Waals surface area contributed by atoms with Gasteiger partial charge in [-0.3, -0.25) is 5.43 Å². The van der Waals surface area contributed by atoms with Crippen molar-refractivity contribution in [1.29, 1.82) is 0 Å². The lowest BCUT2D eigenvalue weighted by atomic mass is 10.1. The van der Waals surface area contributed by atoms with E-state index in [0.717, 1.165) is 6.04 Å². The van der Waals surface area contributed by atoms with Crippen molar-refractivity contribution in [2.45, 2.75) is 18.9 Å². The molecule has 0 atom stereocenters. The highest BCUT2D eigenvalue weighted by Crippen LogP contribution is 2.08. The first kappa shape index (κ1) is 3.87. The van der Waals surface area contributed by atoms with E-state index in [1.807, 2.05) is 0 Å². The Morgan fingerprint density at radius 3 is 2.14 bits per heavy atom. The minimum Gasteiger partial charge on any atom is -0.264 e. The molecule has 2 rings (SSSR count). The molecule has 0 aromatic carbocycles. The molecule has 0 aromatic rings. The van der Waals surface area contributed by atoms with Gasteiger partial charge < -0.3 is 0 Å². The SMILES string of the molecule is C1CN2CCC1[NH2+]2. The summed E-state index contributed by atoms with van der Waals surface area (Å²) in [4.78, 5) is 0. The van der Waals surface area contributed by atoms with Gasteiger partial charge in [0.1, 0.15) is 6.04 Å². The smallest absolute Gasteiger partial charge is 0.106 e. The van der Waals surface area contributed by atoms with Crippen molar-refractivity contribution in [2.75, 3.05) is 13.1 Å². The number of nitrogens with zero attached hydrogens (tertiary/aromatic N) is 1. The summed E-state index contributed by atoms with van der Waals surface area (Å²) in [5.41, 5.74) is 2.39. The third-order valence-corrected chi connectivity index (χ3v) is 2.00. The average molecular weight is 99.2 g/mol. The molecule has 0 spiro atoms. The largest absolute Gasteiger partial charge is 0.264 e. The maximum absolute atomic E-state index is 2.44. The minimum absolute atomic E-state index is 0.972. The van der Waals surface area contributed by atoms with Gasteiger partial charge in [0.15, 0.2) is 0 Å². The van der Waals surface area contributed by atoms with Crippen molar-refractivity contribution in [3.05, 3.63) is 0 Å². The normalized spacial score (nSPS) is 48.0. The molecule has 0 saturated carbocycles. The van der Waals surface area contributed by atoms with Crippen LogP contribution in [0.2, 0.25) is 0 Å². The Morgan fingerprint density at radius 1 is 1.29 bits per heavy atom. The van der Waals surface area contributed by atoms with Crippen LogP contribution in [-0.2, 0) is 0 Å². The molecule has 2 heteroatoms. The molecule has 2 aliphatic rings. The molecular weight excluding hydrogens is 88.1 g/mol. The zero-order valence-electron chi connectivity index (χ0n) is 4.43. The molecule has 2 nitrogen and oxygen atoms in total. The molecular formula is C5H11N2+. The van der Waals surface area contributed by atoms with Crippen molar-refractivity contribution in [3.63, 3.8) is 0 Å². The Labute approximate surface area is 43.5 Å². The summed E-state index contributed by atoms with van der Waals surface area (Å²) in [5.74, 6) is 0. The van der Waals surface area contributed by atoms with E-state index in [9.17, 15) is 0 Å². The van der Waals surface area contributed by atoms with Crippen LogP contribution in [0.3, 0.4) is 0 Å². The molecule has 0 radical (unpaired) electrons. The zero-order valence-corrected chi connectivity index (χ0v) is 4.43. The van der Waals surface area contributed by atoms with Crippen LogP contribution in [0, 0.1) is 0 Å². The zero-order chi connectivity index (χ0) is 4.69. The summed E-state index contributed by atoms with van der Waals surface area (Å²) >= 11 is 0. The fourth-order valence-corrected chi connectivity index (χ4v) is 1.52. The van der Waals surface area contributed by atoms with Crippen LogP contribution in [0.25, 0.3) is 0 Å². The third-order valence-electron chi connectivity index (χ3n) is 2.00. The second-order valence-corrected chi connectivity index (χ2v) is 2.52. The van der Waals surface area contributed by atoms with Gasteiger partial charge in [0.2, 0.25) is 0 Å². The summed E-state index contributed by atoms with van der Waals surface area (Å²) in [7, 11) is 0. The topological polar surface area (TPSA) is 19.9 Å². The highest BCUT2D eigenvalue weighted by Gasteiger charge is 2.32. The van der Waals surface area contributed by atoms with Crippen LogP contribution in [-0.4, -0.2) is 24.1 Å². The number of hydrogen-bond acceptors (Lipinski definition) is 1. The fraction of sp³-hybridized carbons (Fsp3) is 1.00. The summed E-state index contributed by atoms with van der Waals surface area (Å²) in [6.07, 6.45) is 2.86. The lowest BCUT2D eigenvalue weighted by molar-refractivity contribution is -0.787. The summed E-state index contributed by atoms with van der Waals surface area (Å²) in [6.45, 7) is 2.68. The van der Waals surface area contributed by atoms with Gasteiger partial charge in [0.05, 0.1) is 13.1 Å². The first-order valence-electron chi connectivity index (χ1n) is 3.04. The van der Waals surface area contributed by atoms with Crippen molar-refractivity contribution < 1.29 is 5.43 Å². The number of piperidine rings is 1. The van der Waals surface area contributed by atoms with Crippen molar-refractivity contribution >= 4 is 0 Å². The van der Waals surface area contributed by atoms with E-state index in [1.54, 1.807) is 0 Å². The van der Waals surface area contributed by atoms with E-state index >= 15 is 0 Å². The predicted octanol–water partition coefficient (Wildman–Crippen LogP) is -1.06. The van der Waals surface area contributed by atoms with Gasteiger partial charge in [0.25, 0.3) is 0 Å². The Kier molecular flexibility index (Phi) is 0.664. The van der Waals surface area contributed by atoms with E-state index in [4.69, 9.17) is 0 Å². The first-order chi connectivity index (χ1) is 3.45. The van der Waals surface area contributed by atoms with E-state index < -0.39 is 0 Å². The molecule has 40 valence electrons. The molecule has 2 bridgehead atoms. The van der Waals surface area contributed by atoms with Gasteiger partial charge in [-0.1, -0.05) is 0 Å². The average Bonchev–Trinajstić information content (AvgIpc) is 2.22. The second-order valence-electron chi connectivity index (χ2n) is 2.52. The Balaban J connectivity index is 2.12. The van der Waals surface area contributed by atoms with Crippen LogP contribution in [0.1, 0.15) is 12.8 Å². The van der Waals surface area contributed by atoms with Gasteiger partial charge in [0, 0.05) is 12.8 Å². The van der Waals surface area contributed by atoms with E-state index in [-0.39, 0.29) is 0 Å². The standard InChI is InChI=1S/C5H10N2/c1-3-7-4-2-5(1)6-7/h5-6H,1-4H2/p+1. The summed E-state index contributed by atoms with van der Waals surface area (Å²) < 4.78 is 0. The number of quaternary nitrogens is 1. The van der Waals surface area contributed by atoms with Gasteiger partial charge in [-0.05, 0) is 0 Å². The predicted molar refractivity (Wildman–Crippen MR) is 26.5 cm³/mol. The van der Waals surface area contributed by atoms with Crippen LogP contribution in [0.4, 0.5) is 0 Å². The Morgan fingerprint density at radius 2 is 2.00 bits per heavy atom. The molecule has 0 unspecified atom stereocenters. The fourth-order valence-electron chi connectivity index (χ4n) is 1.52. The van der Waals surface area contributed by atoms with Crippen LogP contribution < -0.4 is 5.43 Å². The number of fused-ring (bicyclic) bond motifs is 2. The van der Waals surface area contributed by atoms with E-state index in [2.05, 4.69) is 10.4 Å². The molecule has 7 heavy (non-hydrogen) atoms. The molecule has 2 heterocycles. The van der Waals surface area contributed by atoms with Gasteiger partial charge in [-0.25, -0.2) is 0 Å². The molecule has 0 aromatic heterocycles. The minimum atomic E-state index is 0.972. The van der Waals surface area contributed by atoms with Crippen molar-refractivity contribution in [1.82, 2.24) is 5.01 Å². The Hall–Kier alpha value is -0.0800. The molecule has 2 aliphatic heterocycles. The van der Waals surface area contributed by atoms with Crippen LogP contribution >= 0.6 is 0 Å². The quantitative estimate of drug-likeness (QED) is 0.384. The maximum atomic E-state index is 2.44. The van der Waals surface area contributed by atoms with E-state index in [1.165, 1.54) is 25.9 Å². The summed E-state index contributed by atoms with van der Waals surface area (Å²) in [6, 6.07) is 0.972. The monoisotopic (exact) mass is 99.1 g/mol. The summed E-state index contributed by atoms with van der Waals surface area (Å²) in [5, 5.41) is 2.44. The molecule has 2 saturated heterocycles. The lowest BCUT2D eigenvalue weighted by Gasteiger charge is -2.01. The highest BCUT2D eigenvalue weighted by molar-refractivity contribution is 4.69. The van der Waals surface area contributed by atoms with E-state index in [0.29, 0.717) is 0 Å². The molecule has 0 amide bonds. The number of hydrogen-bond donors (Lipinski definition) is 1. The molecule has 2 fully saturated rings.